The van der Waals surface area contributed by atoms with Crippen LogP contribution in [-0.4, -0.2) is 12.0 Å². The Morgan fingerprint density at radius 3 is 2.28 bits per heavy atom. The highest BCUT2D eigenvalue weighted by Gasteiger charge is 2.20. The fourth-order valence-corrected chi connectivity index (χ4v) is 2.71. The lowest BCUT2D eigenvalue weighted by Crippen LogP contribution is -2.39. The van der Waals surface area contributed by atoms with Gasteiger partial charge in [0.05, 0.1) is 6.04 Å². The fourth-order valence-electron chi connectivity index (χ4n) is 2.71. The Morgan fingerprint density at radius 2 is 1.72 bits per heavy atom. The van der Waals surface area contributed by atoms with E-state index in [1.807, 2.05) is 38.1 Å². The first kappa shape index (κ1) is 19.0. The van der Waals surface area contributed by atoms with Gasteiger partial charge in [0.25, 0.3) is 5.91 Å². The molecule has 0 fully saturated rings. The molecule has 0 unspecified atom stereocenters. The van der Waals surface area contributed by atoms with Crippen LogP contribution in [0.4, 0.5) is 0 Å². The first-order valence-electron chi connectivity index (χ1n) is 9.07. The maximum Gasteiger partial charge on any atom is 0.261 e. The molecule has 3 nitrogen and oxygen atoms in total. The Balaban J connectivity index is 2.01. The molecule has 0 aliphatic carbocycles. The number of hydrogen-bond donors (Lipinski definition) is 1. The summed E-state index contributed by atoms with van der Waals surface area (Å²) in [4.78, 5) is 12.6. The van der Waals surface area contributed by atoms with Crippen molar-refractivity contribution in [3.8, 4) is 5.75 Å². The first-order valence-corrected chi connectivity index (χ1v) is 9.07. The number of amides is 1. The van der Waals surface area contributed by atoms with Crippen molar-refractivity contribution in [3.05, 3.63) is 64.7 Å². The molecule has 3 heteroatoms. The van der Waals surface area contributed by atoms with E-state index in [1.54, 1.807) is 0 Å². The van der Waals surface area contributed by atoms with E-state index < -0.39 is 6.10 Å². The van der Waals surface area contributed by atoms with Crippen molar-refractivity contribution in [3.63, 3.8) is 0 Å². The number of carbonyl (C=O) groups excluding carboxylic acids is 1. The van der Waals surface area contributed by atoms with Crippen LogP contribution in [0, 0.1) is 13.8 Å². The Kier molecular flexibility index (Phi) is 6.63. The summed E-state index contributed by atoms with van der Waals surface area (Å²) < 4.78 is 5.89. The standard InChI is InChI=1S/C22H29NO2/c1-6-18-9-12-20(13-10-18)25-21(7-2)22(24)23-17(5)19-11-8-15(3)16(4)14-19/h8-14,17,21H,6-7H2,1-5H3,(H,23,24)/t17-,21-/m1/s1. The third kappa shape index (κ3) is 5.09. The average molecular weight is 339 g/mol. The summed E-state index contributed by atoms with van der Waals surface area (Å²) in [5.41, 5.74) is 4.86. The third-order valence-electron chi connectivity index (χ3n) is 4.66. The predicted molar refractivity (Wildman–Crippen MR) is 103 cm³/mol. The van der Waals surface area contributed by atoms with Gasteiger partial charge >= 0.3 is 0 Å². The molecule has 0 spiro atoms. The van der Waals surface area contributed by atoms with Gasteiger partial charge in [0, 0.05) is 0 Å². The van der Waals surface area contributed by atoms with Crippen LogP contribution in [0.1, 0.15) is 55.5 Å². The molecule has 134 valence electrons. The van der Waals surface area contributed by atoms with Gasteiger partial charge in [-0.3, -0.25) is 4.79 Å². The van der Waals surface area contributed by atoms with E-state index >= 15 is 0 Å². The number of ether oxygens (including phenoxy) is 1. The number of hydrogen-bond acceptors (Lipinski definition) is 2. The minimum Gasteiger partial charge on any atom is -0.481 e. The van der Waals surface area contributed by atoms with Gasteiger partial charge in [-0.05, 0) is 68.0 Å². The zero-order valence-electron chi connectivity index (χ0n) is 15.9. The van der Waals surface area contributed by atoms with Crippen LogP contribution >= 0.6 is 0 Å². The molecule has 0 aliphatic heterocycles. The van der Waals surface area contributed by atoms with Gasteiger partial charge in [-0.15, -0.1) is 0 Å². The number of aryl methyl sites for hydroxylation is 3. The van der Waals surface area contributed by atoms with Gasteiger partial charge in [0.2, 0.25) is 0 Å². The molecular weight excluding hydrogens is 310 g/mol. The van der Waals surface area contributed by atoms with Gasteiger partial charge in [-0.25, -0.2) is 0 Å². The van der Waals surface area contributed by atoms with Crippen LogP contribution < -0.4 is 10.1 Å². The molecule has 0 aliphatic rings. The van der Waals surface area contributed by atoms with Crippen LogP contribution in [0.15, 0.2) is 42.5 Å². The van der Waals surface area contributed by atoms with Gasteiger partial charge in [-0.2, -0.15) is 0 Å². The van der Waals surface area contributed by atoms with Crippen molar-refractivity contribution < 1.29 is 9.53 Å². The average Bonchev–Trinajstić information content (AvgIpc) is 2.62. The second kappa shape index (κ2) is 8.70. The van der Waals surface area contributed by atoms with E-state index in [1.165, 1.54) is 16.7 Å². The number of carbonyl (C=O) groups is 1. The van der Waals surface area contributed by atoms with Crippen LogP contribution in [0.25, 0.3) is 0 Å². The third-order valence-corrected chi connectivity index (χ3v) is 4.66. The minimum atomic E-state index is -0.485. The minimum absolute atomic E-state index is 0.0492. The molecule has 0 radical (unpaired) electrons. The second-order valence-electron chi connectivity index (χ2n) is 6.59. The van der Waals surface area contributed by atoms with E-state index in [0.717, 1.165) is 17.7 Å². The molecule has 0 aromatic heterocycles. The highest BCUT2D eigenvalue weighted by Crippen LogP contribution is 2.19. The SMILES string of the molecule is CCc1ccc(O[C@H](CC)C(=O)N[C@H](C)c2ccc(C)c(C)c2)cc1. The lowest BCUT2D eigenvalue weighted by molar-refractivity contribution is -0.128. The molecule has 2 atom stereocenters. The monoisotopic (exact) mass is 339 g/mol. The van der Waals surface area contributed by atoms with Crippen molar-refractivity contribution in [2.75, 3.05) is 0 Å². The van der Waals surface area contributed by atoms with Crippen molar-refractivity contribution >= 4 is 5.91 Å². The van der Waals surface area contributed by atoms with Crippen molar-refractivity contribution in [2.24, 2.45) is 0 Å². The molecule has 2 aromatic rings. The summed E-state index contributed by atoms with van der Waals surface area (Å²) in [6.45, 7) is 10.3. The van der Waals surface area contributed by atoms with Gasteiger partial charge < -0.3 is 10.1 Å². The zero-order chi connectivity index (χ0) is 18.4. The van der Waals surface area contributed by atoms with Gasteiger partial charge in [0.1, 0.15) is 5.75 Å². The molecule has 1 N–H and O–H groups in total. The molecule has 0 saturated carbocycles. The smallest absolute Gasteiger partial charge is 0.261 e. The molecule has 25 heavy (non-hydrogen) atoms. The maximum atomic E-state index is 12.6. The highest BCUT2D eigenvalue weighted by molar-refractivity contribution is 5.81. The van der Waals surface area contributed by atoms with Crippen LogP contribution in [0.2, 0.25) is 0 Å². The quantitative estimate of drug-likeness (QED) is 0.779. The lowest BCUT2D eigenvalue weighted by Gasteiger charge is -2.21. The summed E-state index contributed by atoms with van der Waals surface area (Å²) in [6.07, 6.45) is 1.13. The Labute approximate surface area is 151 Å². The van der Waals surface area contributed by atoms with E-state index in [0.29, 0.717) is 6.42 Å². The molecule has 2 aromatic carbocycles. The summed E-state index contributed by atoms with van der Waals surface area (Å²) >= 11 is 0. The van der Waals surface area contributed by atoms with Crippen molar-refractivity contribution in [1.29, 1.82) is 0 Å². The predicted octanol–water partition coefficient (Wildman–Crippen LogP) is 4.90. The fraction of sp³-hybridized carbons (Fsp3) is 0.409. The summed E-state index contributed by atoms with van der Waals surface area (Å²) in [5, 5.41) is 3.07. The largest absolute Gasteiger partial charge is 0.481 e. The highest BCUT2D eigenvalue weighted by atomic mass is 16.5. The summed E-state index contributed by atoms with van der Waals surface area (Å²) in [5.74, 6) is 0.658. The van der Waals surface area contributed by atoms with E-state index in [9.17, 15) is 4.79 Å². The zero-order valence-corrected chi connectivity index (χ0v) is 15.9. The van der Waals surface area contributed by atoms with Crippen molar-refractivity contribution in [1.82, 2.24) is 5.32 Å². The maximum absolute atomic E-state index is 12.6. The van der Waals surface area contributed by atoms with Gasteiger partial charge in [0.15, 0.2) is 6.10 Å². The molecule has 2 rings (SSSR count). The molecule has 0 saturated heterocycles. The van der Waals surface area contributed by atoms with Crippen LogP contribution in [-0.2, 0) is 11.2 Å². The summed E-state index contributed by atoms with van der Waals surface area (Å²) in [6, 6.07) is 14.2. The Morgan fingerprint density at radius 1 is 1.04 bits per heavy atom. The van der Waals surface area contributed by atoms with Crippen LogP contribution in [0.5, 0.6) is 5.75 Å². The van der Waals surface area contributed by atoms with Gasteiger partial charge in [-0.1, -0.05) is 44.2 Å². The number of nitrogens with one attached hydrogen (secondary N) is 1. The normalized spacial score (nSPS) is 13.2. The Hall–Kier alpha value is -2.29. The molecule has 0 bridgehead atoms. The van der Waals surface area contributed by atoms with Crippen LogP contribution in [0.3, 0.4) is 0 Å². The number of benzene rings is 2. The molecular formula is C22H29NO2. The molecule has 0 heterocycles. The molecule has 1 amide bonds. The second-order valence-corrected chi connectivity index (χ2v) is 6.59. The lowest BCUT2D eigenvalue weighted by atomic mass is 10.0. The summed E-state index contributed by atoms with van der Waals surface area (Å²) in [7, 11) is 0. The Bertz CT molecular complexity index is 706. The van der Waals surface area contributed by atoms with E-state index in [4.69, 9.17) is 4.74 Å². The van der Waals surface area contributed by atoms with Crippen molar-refractivity contribution in [2.45, 2.75) is 59.6 Å². The topological polar surface area (TPSA) is 38.3 Å². The van der Waals surface area contributed by atoms with E-state index in [2.05, 4.69) is 44.3 Å². The number of rotatable bonds is 7. The first-order chi connectivity index (χ1) is 11.9. The van der Waals surface area contributed by atoms with E-state index in [-0.39, 0.29) is 11.9 Å².